The van der Waals surface area contributed by atoms with Gasteiger partial charge in [-0.3, -0.25) is 4.79 Å². The van der Waals surface area contributed by atoms with Crippen molar-refractivity contribution in [3.05, 3.63) is 29.8 Å². The highest BCUT2D eigenvalue weighted by Crippen LogP contribution is 2.29. The molecule has 1 aliphatic heterocycles. The fourth-order valence-corrected chi connectivity index (χ4v) is 2.52. The molecule has 0 bridgehead atoms. The van der Waals surface area contributed by atoms with Crippen molar-refractivity contribution in [2.75, 3.05) is 13.7 Å². The molecule has 1 fully saturated rings. The third-order valence-corrected chi connectivity index (χ3v) is 3.49. The first-order valence-corrected chi connectivity index (χ1v) is 6.28. The Bertz CT molecular complexity index is 402. The number of hydrogen-bond donors (Lipinski definition) is 2. The molecule has 1 heterocycles. The maximum absolute atomic E-state index is 10.8. The normalized spacial score (nSPS) is 23.6. The number of piperidine rings is 1. The van der Waals surface area contributed by atoms with Gasteiger partial charge in [-0.15, -0.1) is 0 Å². The first-order chi connectivity index (χ1) is 8.69. The van der Waals surface area contributed by atoms with Crippen molar-refractivity contribution in [3.8, 4) is 5.75 Å². The minimum absolute atomic E-state index is 0.258. The van der Waals surface area contributed by atoms with Crippen LogP contribution in [0.3, 0.4) is 0 Å². The lowest BCUT2D eigenvalue weighted by Crippen LogP contribution is -2.32. The lowest BCUT2D eigenvalue weighted by Gasteiger charge is -2.30. The van der Waals surface area contributed by atoms with Crippen LogP contribution in [0.15, 0.2) is 24.3 Å². The molecule has 0 amide bonds. The molecule has 4 nitrogen and oxygen atoms in total. The van der Waals surface area contributed by atoms with E-state index in [2.05, 4.69) is 5.32 Å². The smallest absolute Gasteiger partial charge is 0.303 e. The van der Waals surface area contributed by atoms with Crippen molar-refractivity contribution in [3.63, 3.8) is 0 Å². The molecule has 98 valence electrons. The van der Waals surface area contributed by atoms with E-state index in [4.69, 9.17) is 9.84 Å². The number of hydrogen-bond acceptors (Lipinski definition) is 3. The van der Waals surface area contributed by atoms with Crippen molar-refractivity contribution in [2.45, 2.75) is 25.3 Å². The summed E-state index contributed by atoms with van der Waals surface area (Å²) in [6.45, 7) is 0.884. The van der Waals surface area contributed by atoms with E-state index in [1.807, 2.05) is 24.3 Å². The van der Waals surface area contributed by atoms with Gasteiger partial charge >= 0.3 is 5.97 Å². The molecule has 0 spiro atoms. The highest BCUT2D eigenvalue weighted by molar-refractivity contribution is 5.67. The number of aliphatic carboxylic acids is 1. The number of carboxylic acid groups (broad SMARTS) is 1. The predicted octanol–water partition coefficient (Wildman–Crippen LogP) is 2.21. The van der Waals surface area contributed by atoms with Crippen LogP contribution in [0.4, 0.5) is 0 Å². The Kier molecular flexibility index (Phi) is 4.20. The van der Waals surface area contributed by atoms with Crippen LogP contribution in [0.2, 0.25) is 0 Å². The van der Waals surface area contributed by atoms with E-state index >= 15 is 0 Å². The second-order valence-corrected chi connectivity index (χ2v) is 4.77. The van der Waals surface area contributed by atoms with Crippen molar-refractivity contribution in [1.82, 2.24) is 5.32 Å². The van der Waals surface area contributed by atoms with Crippen LogP contribution in [0.1, 0.15) is 30.9 Å². The molecule has 0 aliphatic carbocycles. The number of rotatable bonds is 4. The van der Waals surface area contributed by atoms with E-state index in [1.54, 1.807) is 7.11 Å². The first kappa shape index (κ1) is 12.9. The highest BCUT2D eigenvalue weighted by atomic mass is 16.5. The Morgan fingerprint density at radius 3 is 2.78 bits per heavy atom. The van der Waals surface area contributed by atoms with Crippen LogP contribution in [0.5, 0.6) is 5.75 Å². The summed E-state index contributed by atoms with van der Waals surface area (Å²) in [6, 6.07) is 8.23. The van der Waals surface area contributed by atoms with E-state index < -0.39 is 5.97 Å². The summed E-state index contributed by atoms with van der Waals surface area (Å²) >= 11 is 0. The van der Waals surface area contributed by atoms with E-state index in [0.717, 1.165) is 25.1 Å². The van der Waals surface area contributed by atoms with Gasteiger partial charge in [0, 0.05) is 12.5 Å². The Morgan fingerprint density at radius 1 is 1.44 bits per heavy atom. The van der Waals surface area contributed by atoms with E-state index in [0.29, 0.717) is 0 Å². The minimum Gasteiger partial charge on any atom is -0.497 e. The zero-order valence-electron chi connectivity index (χ0n) is 10.6. The molecule has 2 unspecified atom stereocenters. The number of carboxylic acids is 1. The molecule has 2 rings (SSSR count). The van der Waals surface area contributed by atoms with Crippen molar-refractivity contribution in [2.24, 2.45) is 5.92 Å². The lowest BCUT2D eigenvalue weighted by atomic mass is 9.87. The van der Waals surface area contributed by atoms with Crippen molar-refractivity contribution in [1.29, 1.82) is 0 Å². The van der Waals surface area contributed by atoms with Gasteiger partial charge in [0.15, 0.2) is 0 Å². The molecule has 1 aliphatic rings. The Morgan fingerprint density at radius 2 is 2.17 bits per heavy atom. The SMILES string of the molecule is COc1ccc(C2CC(CC(=O)O)CCN2)cc1. The third-order valence-electron chi connectivity index (χ3n) is 3.49. The average molecular weight is 249 g/mol. The summed E-state index contributed by atoms with van der Waals surface area (Å²) in [4.78, 5) is 10.8. The number of nitrogens with one attached hydrogen (secondary N) is 1. The van der Waals surface area contributed by atoms with Crippen LogP contribution in [0.25, 0.3) is 0 Å². The summed E-state index contributed by atoms with van der Waals surface area (Å²) < 4.78 is 5.13. The third kappa shape index (κ3) is 3.23. The summed E-state index contributed by atoms with van der Waals surface area (Å²) in [5.74, 6) is 0.419. The zero-order chi connectivity index (χ0) is 13.0. The quantitative estimate of drug-likeness (QED) is 0.859. The van der Waals surface area contributed by atoms with Crippen LogP contribution in [-0.4, -0.2) is 24.7 Å². The molecule has 0 aromatic heterocycles. The lowest BCUT2D eigenvalue weighted by molar-refractivity contribution is -0.138. The number of methoxy groups -OCH3 is 1. The van der Waals surface area contributed by atoms with Gasteiger partial charge in [0.25, 0.3) is 0 Å². The van der Waals surface area contributed by atoms with E-state index in [1.165, 1.54) is 5.56 Å². The topological polar surface area (TPSA) is 58.6 Å². The number of ether oxygens (including phenoxy) is 1. The van der Waals surface area contributed by atoms with Crippen LogP contribution in [-0.2, 0) is 4.79 Å². The summed E-state index contributed by atoms with van der Waals surface area (Å²) in [5.41, 5.74) is 1.20. The van der Waals surface area contributed by atoms with Crippen LogP contribution < -0.4 is 10.1 Å². The summed E-state index contributed by atoms with van der Waals surface area (Å²) in [6.07, 6.45) is 2.10. The number of benzene rings is 1. The van der Waals surface area contributed by atoms with Crippen molar-refractivity contribution >= 4 is 5.97 Å². The molecule has 1 aromatic rings. The minimum atomic E-state index is -0.699. The second kappa shape index (κ2) is 5.87. The fourth-order valence-electron chi connectivity index (χ4n) is 2.52. The Hall–Kier alpha value is -1.55. The zero-order valence-corrected chi connectivity index (χ0v) is 10.6. The Labute approximate surface area is 107 Å². The molecular formula is C14H19NO3. The van der Waals surface area contributed by atoms with Gasteiger partial charge in [-0.25, -0.2) is 0 Å². The maximum Gasteiger partial charge on any atom is 0.303 e. The summed E-state index contributed by atoms with van der Waals surface area (Å²) in [5, 5.41) is 12.3. The fraction of sp³-hybridized carbons (Fsp3) is 0.500. The van der Waals surface area contributed by atoms with Gasteiger partial charge in [-0.1, -0.05) is 12.1 Å². The molecule has 0 radical (unpaired) electrons. The standard InChI is InChI=1S/C14H19NO3/c1-18-12-4-2-11(3-5-12)13-8-10(6-7-15-13)9-14(16)17/h2-5,10,13,15H,6-9H2,1H3,(H,16,17). The second-order valence-electron chi connectivity index (χ2n) is 4.77. The molecule has 18 heavy (non-hydrogen) atoms. The monoisotopic (exact) mass is 249 g/mol. The Balaban J connectivity index is 2.01. The molecule has 0 saturated carbocycles. The molecular weight excluding hydrogens is 230 g/mol. The molecule has 1 saturated heterocycles. The van der Waals surface area contributed by atoms with E-state index in [-0.39, 0.29) is 18.4 Å². The molecule has 2 atom stereocenters. The van der Waals surface area contributed by atoms with E-state index in [9.17, 15) is 4.79 Å². The average Bonchev–Trinajstić information content (AvgIpc) is 2.38. The van der Waals surface area contributed by atoms with Gasteiger partial charge in [-0.2, -0.15) is 0 Å². The molecule has 4 heteroatoms. The van der Waals surface area contributed by atoms with Crippen LogP contribution in [0, 0.1) is 5.92 Å². The molecule has 1 aromatic carbocycles. The van der Waals surface area contributed by atoms with Gasteiger partial charge in [0.2, 0.25) is 0 Å². The van der Waals surface area contributed by atoms with Crippen LogP contribution >= 0.6 is 0 Å². The van der Waals surface area contributed by atoms with Gasteiger partial charge in [-0.05, 0) is 43.0 Å². The van der Waals surface area contributed by atoms with Gasteiger partial charge in [0.05, 0.1) is 7.11 Å². The summed E-state index contributed by atoms with van der Waals surface area (Å²) in [7, 11) is 1.65. The maximum atomic E-state index is 10.8. The number of carbonyl (C=O) groups is 1. The molecule has 2 N–H and O–H groups in total. The van der Waals surface area contributed by atoms with Gasteiger partial charge < -0.3 is 15.2 Å². The van der Waals surface area contributed by atoms with Crippen molar-refractivity contribution < 1.29 is 14.6 Å². The highest BCUT2D eigenvalue weighted by Gasteiger charge is 2.24. The van der Waals surface area contributed by atoms with Gasteiger partial charge in [0.1, 0.15) is 5.75 Å². The largest absolute Gasteiger partial charge is 0.497 e. The predicted molar refractivity (Wildman–Crippen MR) is 68.7 cm³/mol. The first-order valence-electron chi connectivity index (χ1n) is 6.28.